The highest BCUT2D eigenvalue weighted by molar-refractivity contribution is 5.71. The van der Waals surface area contributed by atoms with Crippen molar-refractivity contribution in [2.45, 2.75) is 32.1 Å². The van der Waals surface area contributed by atoms with Crippen LogP contribution in [0.15, 0.2) is 61.2 Å². The van der Waals surface area contributed by atoms with Gasteiger partial charge in [-0.15, -0.1) is 6.58 Å². The summed E-state index contributed by atoms with van der Waals surface area (Å²) in [6.07, 6.45) is 3.78. The molecule has 1 fully saturated rings. The predicted molar refractivity (Wildman–Crippen MR) is 114 cm³/mol. The summed E-state index contributed by atoms with van der Waals surface area (Å²) >= 11 is 0. The highest BCUT2D eigenvalue weighted by Crippen LogP contribution is 2.34. The molecule has 2 aliphatic heterocycles. The Labute approximate surface area is 168 Å². The Hall–Kier alpha value is -2.43. The third-order valence-corrected chi connectivity index (χ3v) is 6.04. The van der Waals surface area contributed by atoms with Crippen molar-refractivity contribution in [1.29, 1.82) is 0 Å². The molecule has 0 aromatic heterocycles. The van der Waals surface area contributed by atoms with Crippen LogP contribution in [0.2, 0.25) is 0 Å². The van der Waals surface area contributed by atoms with Crippen LogP contribution in [0.1, 0.15) is 16.7 Å². The molecule has 4 rings (SSSR count). The maximum Gasteiger partial charge on any atom is 0.157 e. The van der Waals surface area contributed by atoms with Crippen LogP contribution in [0.4, 0.5) is 5.69 Å². The van der Waals surface area contributed by atoms with Crippen LogP contribution in [0, 0.1) is 6.92 Å². The molecule has 146 valence electrons. The minimum Gasteiger partial charge on any atom is -0.342 e. The van der Waals surface area contributed by atoms with Crippen LogP contribution in [0.3, 0.4) is 0 Å². The second kappa shape index (κ2) is 8.29. The molecule has 2 aliphatic rings. The quantitative estimate of drug-likeness (QED) is 0.572. The molecule has 0 saturated carbocycles. The van der Waals surface area contributed by atoms with E-state index in [9.17, 15) is 4.79 Å². The highest BCUT2D eigenvalue weighted by atomic mass is 16.1. The summed E-state index contributed by atoms with van der Waals surface area (Å²) in [7, 11) is 0. The van der Waals surface area contributed by atoms with Crippen molar-refractivity contribution >= 4 is 12.0 Å². The van der Waals surface area contributed by atoms with E-state index in [1.807, 2.05) is 6.08 Å². The number of anilines is 1. The molecule has 2 aromatic carbocycles. The molecule has 28 heavy (non-hydrogen) atoms. The third-order valence-electron chi connectivity index (χ3n) is 6.04. The molecule has 4 nitrogen and oxygen atoms in total. The lowest BCUT2D eigenvalue weighted by Crippen LogP contribution is -2.58. The van der Waals surface area contributed by atoms with Crippen molar-refractivity contribution in [2.75, 3.05) is 31.1 Å². The first-order valence-electron chi connectivity index (χ1n) is 10.2. The van der Waals surface area contributed by atoms with Crippen molar-refractivity contribution in [1.82, 2.24) is 9.80 Å². The minimum absolute atomic E-state index is 0.179. The molecular weight excluding hydrogens is 346 g/mol. The second-order valence-electron chi connectivity index (χ2n) is 7.89. The number of hydrogen-bond acceptors (Lipinski definition) is 4. The summed E-state index contributed by atoms with van der Waals surface area (Å²) in [4.78, 5) is 19.2. The Kier molecular flexibility index (Phi) is 5.60. The molecule has 1 unspecified atom stereocenters. The fourth-order valence-corrected chi connectivity index (χ4v) is 4.44. The van der Waals surface area contributed by atoms with Gasteiger partial charge >= 0.3 is 0 Å². The van der Waals surface area contributed by atoms with Crippen LogP contribution in [-0.2, 0) is 17.8 Å². The second-order valence-corrected chi connectivity index (χ2v) is 7.89. The zero-order valence-corrected chi connectivity index (χ0v) is 16.6. The summed E-state index contributed by atoms with van der Waals surface area (Å²) in [5.41, 5.74) is 5.13. The molecule has 0 aliphatic carbocycles. The van der Waals surface area contributed by atoms with Crippen molar-refractivity contribution in [3.05, 3.63) is 77.9 Å². The third kappa shape index (κ3) is 3.75. The van der Waals surface area contributed by atoms with Gasteiger partial charge < -0.3 is 4.90 Å². The largest absolute Gasteiger partial charge is 0.342 e. The van der Waals surface area contributed by atoms with Crippen LogP contribution in [0.25, 0.3) is 0 Å². The number of aldehydes is 1. The zero-order valence-electron chi connectivity index (χ0n) is 16.6. The number of benzene rings is 2. The van der Waals surface area contributed by atoms with Crippen LogP contribution < -0.4 is 4.90 Å². The van der Waals surface area contributed by atoms with Gasteiger partial charge in [0.05, 0.1) is 6.04 Å². The summed E-state index contributed by atoms with van der Waals surface area (Å²) < 4.78 is 0. The maximum atomic E-state index is 12.1. The number of hydrogen-bond donors (Lipinski definition) is 0. The molecule has 0 bridgehead atoms. The van der Waals surface area contributed by atoms with Crippen molar-refractivity contribution in [3.8, 4) is 0 Å². The van der Waals surface area contributed by atoms with Gasteiger partial charge in [-0.25, -0.2) is 0 Å². The van der Waals surface area contributed by atoms with Gasteiger partial charge in [0, 0.05) is 38.4 Å². The number of carbonyl (C=O) groups is 1. The number of para-hydroxylation sites is 1. The molecular formula is C24H29N3O. The predicted octanol–water partition coefficient (Wildman–Crippen LogP) is 3.25. The van der Waals surface area contributed by atoms with E-state index < -0.39 is 0 Å². The lowest BCUT2D eigenvalue weighted by Gasteiger charge is -2.42. The minimum atomic E-state index is -0.229. The Morgan fingerprint density at radius 3 is 2.46 bits per heavy atom. The summed E-state index contributed by atoms with van der Waals surface area (Å²) in [6, 6.07) is 17.4. The van der Waals surface area contributed by atoms with E-state index in [2.05, 4.69) is 76.7 Å². The molecule has 0 N–H and O–H groups in total. The van der Waals surface area contributed by atoms with E-state index in [-0.39, 0.29) is 12.2 Å². The first-order valence-corrected chi connectivity index (χ1v) is 10.2. The molecule has 0 amide bonds. The molecule has 2 atom stereocenters. The number of carbonyl (C=O) groups excluding carboxylic acids is 1. The molecule has 0 radical (unpaired) electrons. The molecule has 0 spiro atoms. The SMILES string of the molecule is C=C[C@@H]1Cc2ccccc2N1C(C=O)N1CCN(Cc2ccc(C)cc2)CC1. The first kappa shape index (κ1) is 18.9. The summed E-state index contributed by atoms with van der Waals surface area (Å²) in [6.45, 7) is 10.9. The van der Waals surface area contributed by atoms with Crippen molar-refractivity contribution < 1.29 is 4.79 Å². The lowest BCUT2D eigenvalue weighted by atomic mass is 10.1. The van der Waals surface area contributed by atoms with Crippen molar-refractivity contribution in [2.24, 2.45) is 0 Å². The van der Waals surface area contributed by atoms with Gasteiger partial charge in [-0.05, 0) is 30.5 Å². The zero-order chi connectivity index (χ0) is 19.5. The van der Waals surface area contributed by atoms with Gasteiger partial charge in [0.2, 0.25) is 0 Å². The van der Waals surface area contributed by atoms with Crippen LogP contribution >= 0.6 is 0 Å². The average Bonchev–Trinajstić information content (AvgIpc) is 3.10. The van der Waals surface area contributed by atoms with Gasteiger partial charge in [0.25, 0.3) is 0 Å². The Bertz CT molecular complexity index is 824. The van der Waals surface area contributed by atoms with E-state index in [1.54, 1.807) is 0 Å². The van der Waals surface area contributed by atoms with Gasteiger partial charge in [-0.3, -0.25) is 14.6 Å². The first-order chi connectivity index (χ1) is 13.7. The Morgan fingerprint density at radius 2 is 1.79 bits per heavy atom. The average molecular weight is 376 g/mol. The van der Waals surface area contributed by atoms with Crippen LogP contribution in [-0.4, -0.2) is 54.5 Å². The lowest BCUT2D eigenvalue weighted by molar-refractivity contribution is -0.113. The summed E-state index contributed by atoms with van der Waals surface area (Å²) in [5, 5.41) is 0. The molecule has 2 aromatic rings. The standard InChI is InChI=1S/C24H29N3O/c1-3-22-16-21-6-4-5-7-23(21)27(22)24(18-28)26-14-12-25(13-15-26)17-20-10-8-19(2)9-11-20/h3-11,18,22,24H,1,12-17H2,2H3/t22-,24?/m1/s1. The molecule has 4 heteroatoms. The molecule has 1 saturated heterocycles. The maximum absolute atomic E-state index is 12.1. The normalized spacial score (nSPS) is 21.3. The van der Waals surface area contributed by atoms with E-state index in [0.29, 0.717) is 0 Å². The Morgan fingerprint density at radius 1 is 1.07 bits per heavy atom. The summed E-state index contributed by atoms with van der Waals surface area (Å²) in [5.74, 6) is 0. The Balaban J connectivity index is 1.43. The van der Waals surface area contributed by atoms with Gasteiger partial charge in [0.1, 0.15) is 6.17 Å². The van der Waals surface area contributed by atoms with Gasteiger partial charge in [-0.1, -0.05) is 54.1 Å². The van der Waals surface area contributed by atoms with Crippen LogP contribution in [0.5, 0.6) is 0 Å². The van der Waals surface area contributed by atoms with Crippen molar-refractivity contribution in [3.63, 3.8) is 0 Å². The number of nitrogens with zero attached hydrogens (tertiary/aromatic N) is 3. The molecule has 2 heterocycles. The number of aryl methyl sites for hydroxylation is 1. The monoisotopic (exact) mass is 375 g/mol. The smallest absolute Gasteiger partial charge is 0.157 e. The number of piperazine rings is 1. The van der Waals surface area contributed by atoms with Gasteiger partial charge in [-0.2, -0.15) is 0 Å². The van der Waals surface area contributed by atoms with E-state index in [4.69, 9.17) is 0 Å². The fraction of sp³-hybridized carbons (Fsp3) is 0.375. The number of rotatable bonds is 6. The highest BCUT2D eigenvalue weighted by Gasteiger charge is 2.36. The fourth-order valence-electron chi connectivity index (χ4n) is 4.44. The van der Waals surface area contributed by atoms with E-state index in [1.165, 1.54) is 22.4 Å². The van der Waals surface area contributed by atoms with Gasteiger partial charge in [0.15, 0.2) is 6.29 Å². The van der Waals surface area contributed by atoms with E-state index in [0.717, 1.165) is 45.4 Å². The topological polar surface area (TPSA) is 26.8 Å². The number of fused-ring (bicyclic) bond motifs is 1. The van der Waals surface area contributed by atoms with E-state index >= 15 is 0 Å².